The van der Waals surface area contributed by atoms with Gasteiger partial charge in [0.2, 0.25) is 11.8 Å². The van der Waals surface area contributed by atoms with Crippen molar-refractivity contribution >= 4 is 17.5 Å². The number of nitrogens with two attached hydrogens (primary N) is 1. The van der Waals surface area contributed by atoms with E-state index in [2.05, 4.69) is 0 Å². The fraction of sp³-hybridized carbons (Fsp3) is 0.333. The molecule has 3 aliphatic heterocycles. The van der Waals surface area contributed by atoms with Gasteiger partial charge in [0.1, 0.15) is 5.60 Å². The third kappa shape index (κ3) is 1.24. The first-order valence-electron chi connectivity index (χ1n) is 6.68. The van der Waals surface area contributed by atoms with Gasteiger partial charge in [-0.05, 0) is 12.1 Å². The molecule has 2 saturated heterocycles. The van der Waals surface area contributed by atoms with Crippen LogP contribution in [0.4, 0.5) is 5.69 Å². The summed E-state index contributed by atoms with van der Waals surface area (Å²) in [6.07, 6.45) is 3.38. The molecule has 0 spiro atoms. The predicted molar refractivity (Wildman–Crippen MR) is 71.7 cm³/mol. The molecule has 4 rings (SSSR count). The number of fused-ring (bicyclic) bond motifs is 5. The number of carbonyl (C=O) groups excluding carboxylic acids is 2. The van der Waals surface area contributed by atoms with Crippen molar-refractivity contribution in [3.63, 3.8) is 0 Å². The van der Waals surface area contributed by atoms with Crippen LogP contribution in [0.15, 0.2) is 42.5 Å². The molecule has 0 radical (unpaired) electrons. The highest BCUT2D eigenvalue weighted by Gasteiger charge is 2.67. The average molecular weight is 270 g/mol. The Labute approximate surface area is 116 Å². The number of imide groups is 1. The number of ether oxygens (including phenoxy) is 1. The van der Waals surface area contributed by atoms with Crippen molar-refractivity contribution in [1.29, 1.82) is 0 Å². The lowest BCUT2D eigenvalue weighted by atomic mass is 9.77. The minimum absolute atomic E-state index is 0.184. The summed E-state index contributed by atoms with van der Waals surface area (Å²) in [7, 11) is 0. The molecule has 3 aliphatic rings. The molecule has 3 heterocycles. The van der Waals surface area contributed by atoms with Crippen molar-refractivity contribution in [3.05, 3.63) is 42.5 Å². The fourth-order valence-electron chi connectivity index (χ4n) is 3.57. The fourth-order valence-corrected chi connectivity index (χ4v) is 3.57. The van der Waals surface area contributed by atoms with Gasteiger partial charge in [-0.2, -0.15) is 0 Å². The van der Waals surface area contributed by atoms with E-state index in [0.717, 1.165) is 0 Å². The summed E-state index contributed by atoms with van der Waals surface area (Å²) in [5, 5.41) is 0. The molecule has 5 nitrogen and oxygen atoms in total. The number of benzene rings is 1. The second-order valence-corrected chi connectivity index (χ2v) is 5.45. The van der Waals surface area contributed by atoms with Crippen molar-refractivity contribution in [3.8, 4) is 0 Å². The van der Waals surface area contributed by atoms with E-state index in [1.165, 1.54) is 4.90 Å². The molecule has 0 saturated carbocycles. The second kappa shape index (κ2) is 3.77. The van der Waals surface area contributed by atoms with Gasteiger partial charge in [-0.1, -0.05) is 30.4 Å². The van der Waals surface area contributed by atoms with Crippen LogP contribution in [0, 0.1) is 11.8 Å². The molecule has 20 heavy (non-hydrogen) atoms. The molecule has 0 aliphatic carbocycles. The van der Waals surface area contributed by atoms with E-state index in [0.29, 0.717) is 5.69 Å². The van der Waals surface area contributed by atoms with Crippen LogP contribution in [0.3, 0.4) is 0 Å². The largest absolute Gasteiger partial charge is 0.361 e. The zero-order chi connectivity index (χ0) is 13.9. The molecule has 2 bridgehead atoms. The molecule has 2 fully saturated rings. The number of para-hydroxylation sites is 1. The summed E-state index contributed by atoms with van der Waals surface area (Å²) in [4.78, 5) is 26.6. The SMILES string of the molecule is NCC12C=CC(O1)C1C(=O)N(c3ccccc3)C(=O)C12. The van der Waals surface area contributed by atoms with E-state index in [9.17, 15) is 9.59 Å². The quantitative estimate of drug-likeness (QED) is 0.626. The first kappa shape index (κ1) is 11.8. The molecule has 0 aromatic heterocycles. The van der Waals surface area contributed by atoms with Crippen LogP contribution in [0.2, 0.25) is 0 Å². The number of amides is 2. The van der Waals surface area contributed by atoms with Crippen LogP contribution < -0.4 is 10.6 Å². The number of carbonyl (C=O) groups is 2. The van der Waals surface area contributed by atoms with Crippen molar-refractivity contribution in [2.75, 3.05) is 11.4 Å². The highest BCUT2D eigenvalue weighted by atomic mass is 16.5. The highest BCUT2D eigenvalue weighted by molar-refractivity contribution is 6.23. The van der Waals surface area contributed by atoms with Crippen LogP contribution in [-0.4, -0.2) is 30.1 Å². The van der Waals surface area contributed by atoms with Gasteiger partial charge in [0.05, 0.1) is 23.6 Å². The van der Waals surface area contributed by atoms with Crippen molar-refractivity contribution < 1.29 is 14.3 Å². The zero-order valence-corrected chi connectivity index (χ0v) is 10.7. The first-order valence-corrected chi connectivity index (χ1v) is 6.68. The zero-order valence-electron chi connectivity index (χ0n) is 10.7. The van der Waals surface area contributed by atoms with Crippen LogP contribution in [0.25, 0.3) is 0 Å². The lowest BCUT2D eigenvalue weighted by Gasteiger charge is -2.27. The Morgan fingerprint density at radius 3 is 2.65 bits per heavy atom. The highest BCUT2D eigenvalue weighted by Crippen LogP contribution is 2.51. The van der Waals surface area contributed by atoms with E-state index < -0.39 is 17.4 Å². The summed E-state index contributed by atoms with van der Waals surface area (Å²) in [6, 6.07) is 9.01. The predicted octanol–water partition coefficient (Wildman–Crippen LogP) is 0.458. The number of anilines is 1. The summed E-state index contributed by atoms with van der Waals surface area (Å²) in [5.74, 6) is -1.31. The van der Waals surface area contributed by atoms with E-state index in [1.54, 1.807) is 12.1 Å². The molecular formula is C15H14N2O3. The lowest BCUT2D eigenvalue weighted by Crippen LogP contribution is -2.45. The minimum Gasteiger partial charge on any atom is -0.361 e. The molecule has 5 heteroatoms. The Balaban J connectivity index is 1.79. The number of rotatable bonds is 2. The summed E-state index contributed by atoms with van der Waals surface area (Å²) in [6.45, 7) is 0.211. The number of hydrogen-bond acceptors (Lipinski definition) is 4. The Hall–Kier alpha value is -1.98. The Morgan fingerprint density at radius 2 is 1.95 bits per heavy atom. The molecule has 102 valence electrons. The normalized spacial score (nSPS) is 37.9. The Kier molecular flexibility index (Phi) is 2.23. The van der Waals surface area contributed by atoms with E-state index in [1.807, 2.05) is 30.4 Å². The molecule has 4 atom stereocenters. The van der Waals surface area contributed by atoms with Crippen molar-refractivity contribution in [2.45, 2.75) is 11.7 Å². The minimum atomic E-state index is -0.800. The molecule has 1 aromatic carbocycles. The maximum absolute atomic E-state index is 12.7. The second-order valence-electron chi connectivity index (χ2n) is 5.45. The van der Waals surface area contributed by atoms with Gasteiger partial charge in [0.25, 0.3) is 0 Å². The Bertz CT molecular complexity index is 627. The van der Waals surface area contributed by atoms with Gasteiger partial charge in [-0.15, -0.1) is 0 Å². The number of hydrogen-bond donors (Lipinski definition) is 1. The molecule has 2 amide bonds. The molecule has 2 N–H and O–H groups in total. The van der Waals surface area contributed by atoms with Crippen LogP contribution in [-0.2, 0) is 14.3 Å². The summed E-state index contributed by atoms with van der Waals surface area (Å²) < 4.78 is 5.80. The summed E-state index contributed by atoms with van der Waals surface area (Å²) >= 11 is 0. The van der Waals surface area contributed by atoms with E-state index >= 15 is 0 Å². The van der Waals surface area contributed by atoms with Gasteiger partial charge in [-0.3, -0.25) is 9.59 Å². The van der Waals surface area contributed by atoms with Crippen LogP contribution in [0.1, 0.15) is 0 Å². The monoisotopic (exact) mass is 270 g/mol. The summed E-state index contributed by atoms with van der Waals surface area (Å²) in [5.41, 5.74) is 5.61. The first-order chi connectivity index (χ1) is 9.68. The van der Waals surface area contributed by atoms with Gasteiger partial charge >= 0.3 is 0 Å². The number of nitrogens with zero attached hydrogens (tertiary/aromatic N) is 1. The van der Waals surface area contributed by atoms with Gasteiger partial charge in [0.15, 0.2) is 0 Å². The van der Waals surface area contributed by atoms with Crippen LogP contribution in [0.5, 0.6) is 0 Å². The maximum atomic E-state index is 12.7. The molecular weight excluding hydrogens is 256 g/mol. The Morgan fingerprint density at radius 1 is 1.20 bits per heavy atom. The third-order valence-electron chi connectivity index (χ3n) is 4.49. The van der Waals surface area contributed by atoms with Crippen molar-refractivity contribution in [2.24, 2.45) is 17.6 Å². The van der Waals surface area contributed by atoms with Crippen LogP contribution >= 0.6 is 0 Å². The lowest BCUT2D eigenvalue weighted by molar-refractivity contribution is -0.126. The topological polar surface area (TPSA) is 72.6 Å². The van der Waals surface area contributed by atoms with Gasteiger partial charge < -0.3 is 10.5 Å². The van der Waals surface area contributed by atoms with Crippen molar-refractivity contribution in [1.82, 2.24) is 0 Å². The third-order valence-corrected chi connectivity index (χ3v) is 4.49. The van der Waals surface area contributed by atoms with Gasteiger partial charge in [-0.25, -0.2) is 4.90 Å². The average Bonchev–Trinajstić information content (AvgIpc) is 3.11. The molecule has 4 unspecified atom stereocenters. The standard InChI is InChI=1S/C15H14N2O3/c16-8-15-7-6-10(20-15)11-12(15)14(19)17(13(11)18)9-4-2-1-3-5-9/h1-7,10-12H,8,16H2. The van der Waals surface area contributed by atoms with E-state index in [4.69, 9.17) is 10.5 Å². The smallest absolute Gasteiger partial charge is 0.241 e. The van der Waals surface area contributed by atoms with Gasteiger partial charge in [0, 0.05) is 6.54 Å². The molecule has 1 aromatic rings. The van der Waals surface area contributed by atoms with E-state index in [-0.39, 0.29) is 24.5 Å². The maximum Gasteiger partial charge on any atom is 0.241 e.